The summed E-state index contributed by atoms with van der Waals surface area (Å²) < 4.78 is 11.9. The van der Waals surface area contributed by atoms with Crippen LogP contribution < -0.4 is 5.32 Å². The predicted molar refractivity (Wildman–Crippen MR) is 76.2 cm³/mol. The monoisotopic (exact) mass is 267 g/mol. The van der Waals surface area contributed by atoms with Crippen LogP contribution in [0.1, 0.15) is 52.4 Å². The van der Waals surface area contributed by atoms with Crippen molar-refractivity contribution < 1.29 is 9.47 Å². The summed E-state index contributed by atoms with van der Waals surface area (Å²) in [6, 6.07) is 0.616. The Labute approximate surface area is 117 Å². The average Bonchev–Trinajstić information content (AvgIpc) is 2.91. The fourth-order valence-electron chi connectivity index (χ4n) is 4.43. The summed E-state index contributed by atoms with van der Waals surface area (Å²) in [5.74, 6) is 0.732. The maximum Gasteiger partial charge on any atom is 0.0684 e. The van der Waals surface area contributed by atoms with Gasteiger partial charge < -0.3 is 14.8 Å². The Balaban J connectivity index is 1.39. The molecule has 1 heterocycles. The Bertz CT molecular complexity index is 299. The molecule has 0 aromatic heterocycles. The zero-order valence-corrected chi connectivity index (χ0v) is 12.5. The Morgan fingerprint density at radius 2 is 1.95 bits per heavy atom. The standard InChI is InChI=1S/C16H29NO2/c1-16(2)14(13-8-5-10-19-15(13)16)17-9-11-18-12-6-3-4-7-12/h12-15,17H,3-11H2,1-2H3. The van der Waals surface area contributed by atoms with Crippen LogP contribution in [-0.4, -0.2) is 38.0 Å². The van der Waals surface area contributed by atoms with E-state index < -0.39 is 0 Å². The van der Waals surface area contributed by atoms with Gasteiger partial charge in [-0.15, -0.1) is 0 Å². The second kappa shape index (κ2) is 5.71. The van der Waals surface area contributed by atoms with Gasteiger partial charge >= 0.3 is 0 Å². The van der Waals surface area contributed by atoms with Gasteiger partial charge in [0.15, 0.2) is 0 Å². The number of fused-ring (bicyclic) bond motifs is 1. The van der Waals surface area contributed by atoms with Gasteiger partial charge in [-0.2, -0.15) is 0 Å². The normalized spacial score (nSPS) is 37.9. The van der Waals surface area contributed by atoms with E-state index in [-0.39, 0.29) is 0 Å². The molecule has 3 atom stereocenters. The molecule has 0 bridgehead atoms. The van der Waals surface area contributed by atoms with Crippen molar-refractivity contribution in [3.8, 4) is 0 Å². The summed E-state index contributed by atoms with van der Waals surface area (Å²) in [6.07, 6.45) is 8.84. The first-order valence-corrected chi connectivity index (χ1v) is 8.16. The summed E-state index contributed by atoms with van der Waals surface area (Å²) in [5.41, 5.74) is 0.290. The molecule has 19 heavy (non-hydrogen) atoms. The highest BCUT2D eigenvalue weighted by Gasteiger charge is 2.57. The van der Waals surface area contributed by atoms with Gasteiger partial charge in [-0.1, -0.05) is 26.7 Å². The molecule has 2 aliphatic carbocycles. The quantitative estimate of drug-likeness (QED) is 0.777. The lowest BCUT2D eigenvalue weighted by Crippen LogP contribution is -2.69. The van der Waals surface area contributed by atoms with Gasteiger partial charge in [-0.05, 0) is 25.7 Å². The largest absolute Gasteiger partial charge is 0.377 e. The molecular weight excluding hydrogens is 238 g/mol. The van der Waals surface area contributed by atoms with Crippen LogP contribution >= 0.6 is 0 Å². The average molecular weight is 267 g/mol. The Morgan fingerprint density at radius 1 is 1.16 bits per heavy atom. The van der Waals surface area contributed by atoms with Crippen molar-refractivity contribution in [1.29, 1.82) is 0 Å². The molecular formula is C16H29NO2. The van der Waals surface area contributed by atoms with E-state index >= 15 is 0 Å². The molecule has 1 N–H and O–H groups in total. The van der Waals surface area contributed by atoms with Crippen LogP contribution in [0.3, 0.4) is 0 Å². The maximum atomic E-state index is 5.94. The fourth-order valence-corrected chi connectivity index (χ4v) is 4.43. The van der Waals surface area contributed by atoms with Crippen molar-refractivity contribution in [2.75, 3.05) is 19.8 Å². The zero-order valence-electron chi connectivity index (χ0n) is 12.5. The van der Waals surface area contributed by atoms with Crippen molar-refractivity contribution in [3.63, 3.8) is 0 Å². The highest BCUT2D eigenvalue weighted by atomic mass is 16.5. The third-order valence-corrected chi connectivity index (χ3v) is 5.45. The highest BCUT2D eigenvalue weighted by Crippen LogP contribution is 2.51. The minimum Gasteiger partial charge on any atom is -0.377 e. The Kier molecular flexibility index (Phi) is 4.16. The summed E-state index contributed by atoms with van der Waals surface area (Å²) in [5, 5.41) is 3.73. The Hall–Kier alpha value is -0.120. The van der Waals surface area contributed by atoms with Crippen molar-refractivity contribution >= 4 is 0 Å². The lowest BCUT2D eigenvalue weighted by atomic mass is 9.55. The predicted octanol–water partition coefficient (Wildman–Crippen LogP) is 2.74. The lowest BCUT2D eigenvalue weighted by molar-refractivity contribution is -0.193. The number of ether oxygens (including phenoxy) is 2. The second-order valence-electron chi connectivity index (χ2n) is 7.13. The lowest BCUT2D eigenvalue weighted by Gasteiger charge is -2.60. The van der Waals surface area contributed by atoms with Crippen LogP contribution in [0.25, 0.3) is 0 Å². The van der Waals surface area contributed by atoms with Crippen LogP contribution in [0.2, 0.25) is 0 Å². The zero-order chi connectivity index (χ0) is 13.3. The smallest absolute Gasteiger partial charge is 0.0684 e. The van der Waals surface area contributed by atoms with Crippen LogP contribution in [-0.2, 0) is 9.47 Å². The van der Waals surface area contributed by atoms with Gasteiger partial charge in [-0.25, -0.2) is 0 Å². The molecule has 3 aliphatic rings. The molecule has 0 aromatic rings. The number of rotatable bonds is 5. The summed E-state index contributed by atoms with van der Waals surface area (Å²) in [7, 11) is 0. The molecule has 0 aromatic carbocycles. The molecule has 1 aliphatic heterocycles. The van der Waals surface area contributed by atoms with Crippen LogP contribution in [0.5, 0.6) is 0 Å². The minimum atomic E-state index is 0.290. The van der Waals surface area contributed by atoms with E-state index in [9.17, 15) is 0 Å². The molecule has 3 unspecified atom stereocenters. The first kappa shape index (κ1) is 13.8. The van der Waals surface area contributed by atoms with E-state index in [1.54, 1.807) is 0 Å². The first-order valence-electron chi connectivity index (χ1n) is 8.16. The molecule has 0 amide bonds. The third-order valence-electron chi connectivity index (χ3n) is 5.45. The van der Waals surface area contributed by atoms with Gasteiger partial charge in [0, 0.05) is 30.5 Å². The minimum absolute atomic E-state index is 0.290. The molecule has 110 valence electrons. The summed E-state index contributed by atoms with van der Waals surface area (Å²) in [6.45, 7) is 7.51. The summed E-state index contributed by atoms with van der Waals surface area (Å²) in [4.78, 5) is 0. The molecule has 3 rings (SSSR count). The van der Waals surface area contributed by atoms with Gasteiger partial charge in [0.25, 0.3) is 0 Å². The van der Waals surface area contributed by atoms with Crippen LogP contribution in [0.15, 0.2) is 0 Å². The number of hydrogen-bond donors (Lipinski definition) is 1. The Morgan fingerprint density at radius 3 is 2.74 bits per heavy atom. The fraction of sp³-hybridized carbons (Fsp3) is 1.00. The summed E-state index contributed by atoms with van der Waals surface area (Å²) >= 11 is 0. The van der Waals surface area contributed by atoms with E-state index in [1.165, 1.54) is 38.5 Å². The second-order valence-corrected chi connectivity index (χ2v) is 7.13. The van der Waals surface area contributed by atoms with E-state index in [1.807, 2.05) is 0 Å². The van der Waals surface area contributed by atoms with Crippen molar-refractivity contribution in [1.82, 2.24) is 5.32 Å². The molecule has 0 radical (unpaired) electrons. The van der Waals surface area contributed by atoms with Crippen molar-refractivity contribution in [3.05, 3.63) is 0 Å². The van der Waals surface area contributed by atoms with E-state index in [2.05, 4.69) is 19.2 Å². The third kappa shape index (κ3) is 2.70. The van der Waals surface area contributed by atoms with E-state index in [0.29, 0.717) is 23.7 Å². The van der Waals surface area contributed by atoms with Gasteiger partial charge in [0.1, 0.15) is 0 Å². The van der Waals surface area contributed by atoms with Gasteiger partial charge in [0.2, 0.25) is 0 Å². The first-order chi connectivity index (χ1) is 9.19. The molecule has 0 spiro atoms. The number of hydrogen-bond acceptors (Lipinski definition) is 3. The van der Waals surface area contributed by atoms with E-state index in [4.69, 9.17) is 9.47 Å². The number of nitrogens with one attached hydrogen (secondary N) is 1. The van der Waals surface area contributed by atoms with Crippen molar-refractivity contribution in [2.24, 2.45) is 11.3 Å². The molecule has 3 nitrogen and oxygen atoms in total. The molecule has 2 saturated carbocycles. The van der Waals surface area contributed by atoms with Crippen LogP contribution in [0.4, 0.5) is 0 Å². The molecule has 1 saturated heterocycles. The van der Waals surface area contributed by atoms with Crippen LogP contribution in [0, 0.1) is 11.3 Å². The van der Waals surface area contributed by atoms with Gasteiger partial charge in [0.05, 0.1) is 18.8 Å². The molecule has 3 fully saturated rings. The van der Waals surface area contributed by atoms with E-state index in [0.717, 1.165) is 25.7 Å². The SMILES string of the molecule is CC1(C)C(NCCOC2CCCC2)C2CCCOC21. The van der Waals surface area contributed by atoms with Gasteiger partial charge in [-0.3, -0.25) is 0 Å². The maximum absolute atomic E-state index is 5.94. The topological polar surface area (TPSA) is 30.5 Å². The molecule has 3 heteroatoms. The van der Waals surface area contributed by atoms with Crippen molar-refractivity contribution in [2.45, 2.75) is 70.6 Å². The highest BCUT2D eigenvalue weighted by molar-refractivity contribution is 5.10.